The van der Waals surface area contributed by atoms with Gasteiger partial charge in [0.15, 0.2) is 6.10 Å². The van der Waals surface area contributed by atoms with E-state index in [9.17, 15) is 25.1 Å². The van der Waals surface area contributed by atoms with Gasteiger partial charge in [0.1, 0.15) is 6.10 Å². The summed E-state index contributed by atoms with van der Waals surface area (Å²) in [6.07, 6.45) is -3.58. The lowest BCUT2D eigenvalue weighted by molar-refractivity contribution is -0.386. The molecule has 98 valence electrons. The molecule has 1 aromatic rings. The quantitative estimate of drug-likeness (QED) is 0.459. The molecule has 0 spiro atoms. The second kappa shape index (κ2) is 5.56. The van der Waals surface area contributed by atoms with Gasteiger partial charge in [-0.25, -0.2) is 4.79 Å². The molecule has 0 heterocycles. The number of carbonyl (C=O) groups is 1. The summed E-state index contributed by atoms with van der Waals surface area (Å²) in [5, 5.41) is 30.2. The summed E-state index contributed by atoms with van der Waals surface area (Å²) >= 11 is 0. The normalized spacial score (nSPS) is 13.8. The number of benzene rings is 1. The Hall–Kier alpha value is -1.99. The maximum atomic E-state index is 11.1. The zero-order valence-corrected chi connectivity index (χ0v) is 9.86. The van der Waals surface area contributed by atoms with Crippen LogP contribution in [-0.4, -0.2) is 34.3 Å². The number of aryl methyl sites for hydroxylation is 1. The molecule has 0 aliphatic rings. The van der Waals surface area contributed by atoms with Crippen molar-refractivity contribution in [3.8, 4) is 0 Å². The molecule has 0 aromatic heterocycles. The van der Waals surface area contributed by atoms with Crippen LogP contribution in [0.15, 0.2) is 18.2 Å². The standard InChI is InChI=1S/C11H13NO6/c1-6-4-3-5-7(8(6)12(16)17)9(13)10(14)11(15)18-2/h3-5,9-10,13-14H,1-2H3. The van der Waals surface area contributed by atoms with Crippen LogP contribution in [0.25, 0.3) is 0 Å². The lowest BCUT2D eigenvalue weighted by Crippen LogP contribution is -2.29. The van der Waals surface area contributed by atoms with Gasteiger partial charge < -0.3 is 14.9 Å². The van der Waals surface area contributed by atoms with Crippen LogP contribution in [0.4, 0.5) is 5.69 Å². The molecule has 0 saturated heterocycles. The van der Waals surface area contributed by atoms with Gasteiger partial charge in [-0.2, -0.15) is 0 Å². The summed E-state index contributed by atoms with van der Waals surface area (Å²) < 4.78 is 4.27. The fourth-order valence-electron chi connectivity index (χ4n) is 1.59. The van der Waals surface area contributed by atoms with Gasteiger partial charge in [0.05, 0.1) is 17.6 Å². The summed E-state index contributed by atoms with van der Waals surface area (Å²) in [6.45, 7) is 1.50. The molecule has 1 rings (SSSR count). The Labute approximate surface area is 103 Å². The average Bonchev–Trinajstić information content (AvgIpc) is 2.35. The third-order valence-electron chi connectivity index (χ3n) is 2.51. The maximum Gasteiger partial charge on any atom is 0.337 e. The number of ether oxygens (including phenoxy) is 1. The molecule has 1 aromatic carbocycles. The van der Waals surface area contributed by atoms with Gasteiger partial charge in [-0.1, -0.05) is 12.1 Å². The van der Waals surface area contributed by atoms with Crippen molar-refractivity contribution in [1.82, 2.24) is 0 Å². The van der Waals surface area contributed by atoms with Crippen LogP contribution in [0.5, 0.6) is 0 Å². The number of aliphatic hydroxyl groups excluding tert-OH is 2. The molecule has 18 heavy (non-hydrogen) atoms. The highest BCUT2D eigenvalue weighted by molar-refractivity contribution is 5.75. The molecule has 0 bridgehead atoms. The van der Waals surface area contributed by atoms with Crippen LogP contribution < -0.4 is 0 Å². The highest BCUT2D eigenvalue weighted by Gasteiger charge is 2.32. The number of carbonyl (C=O) groups excluding carboxylic acids is 1. The molecular formula is C11H13NO6. The van der Waals surface area contributed by atoms with Crippen LogP contribution in [0, 0.1) is 17.0 Å². The van der Waals surface area contributed by atoms with E-state index in [-0.39, 0.29) is 11.3 Å². The van der Waals surface area contributed by atoms with Crippen molar-refractivity contribution < 1.29 is 24.7 Å². The number of esters is 1. The van der Waals surface area contributed by atoms with Gasteiger partial charge in [-0.05, 0) is 13.0 Å². The third kappa shape index (κ3) is 2.63. The number of hydrogen-bond donors (Lipinski definition) is 2. The Balaban J connectivity index is 3.21. The predicted octanol–water partition coefficient (Wildman–Crippen LogP) is 0.471. The van der Waals surface area contributed by atoms with E-state index in [0.29, 0.717) is 5.56 Å². The van der Waals surface area contributed by atoms with Crippen molar-refractivity contribution in [2.24, 2.45) is 0 Å². The summed E-state index contributed by atoms with van der Waals surface area (Å²) in [5.74, 6) is -1.06. The summed E-state index contributed by atoms with van der Waals surface area (Å²) in [6, 6.07) is 4.27. The molecule has 0 aliphatic heterocycles. The largest absolute Gasteiger partial charge is 0.467 e. The number of para-hydroxylation sites is 1. The Morgan fingerprint density at radius 1 is 1.44 bits per heavy atom. The number of hydrogen-bond acceptors (Lipinski definition) is 6. The van der Waals surface area contributed by atoms with Crippen molar-refractivity contribution in [3.05, 3.63) is 39.4 Å². The van der Waals surface area contributed by atoms with Crippen LogP contribution in [-0.2, 0) is 9.53 Å². The molecule has 0 saturated carbocycles. The molecule has 2 N–H and O–H groups in total. The van der Waals surface area contributed by atoms with Crippen LogP contribution in [0.1, 0.15) is 17.2 Å². The van der Waals surface area contributed by atoms with Gasteiger partial charge in [-0.3, -0.25) is 10.1 Å². The van der Waals surface area contributed by atoms with Crippen molar-refractivity contribution >= 4 is 11.7 Å². The van der Waals surface area contributed by atoms with E-state index < -0.39 is 23.1 Å². The minimum atomic E-state index is -1.87. The van der Waals surface area contributed by atoms with Crippen molar-refractivity contribution in [2.75, 3.05) is 7.11 Å². The molecule has 0 aliphatic carbocycles. The van der Waals surface area contributed by atoms with Crippen LogP contribution in [0.2, 0.25) is 0 Å². The Kier molecular flexibility index (Phi) is 4.35. The zero-order valence-electron chi connectivity index (χ0n) is 9.86. The smallest absolute Gasteiger partial charge is 0.337 e. The molecule has 0 radical (unpaired) electrons. The molecule has 0 amide bonds. The minimum absolute atomic E-state index is 0.127. The minimum Gasteiger partial charge on any atom is -0.467 e. The first kappa shape index (κ1) is 14.1. The molecule has 0 fully saturated rings. The summed E-state index contributed by atoms with van der Waals surface area (Å²) in [4.78, 5) is 21.3. The monoisotopic (exact) mass is 255 g/mol. The molecular weight excluding hydrogens is 242 g/mol. The van der Waals surface area contributed by atoms with Crippen molar-refractivity contribution in [3.63, 3.8) is 0 Å². The van der Waals surface area contributed by atoms with E-state index in [0.717, 1.165) is 7.11 Å². The Morgan fingerprint density at radius 3 is 2.56 bits per heavy atom. The summed E-state index contributed by atoms with van der Waals surface area (Å²) in [5.41, 5.74) is -0.125. The molecule has 7 heteroatoms. The summed E-state index contributed by atoms with van der Waals surface area (Å²) in [7, 11) is 1.04. The van der Waals surface area contributed by atoms with E-state index in [4.69, 9.17) is 0 Å². The van der Waals surface area contributed by atoms with E-state index in [1.807, 2.05) is 0 Å². The lowest BCUT2D eigenvalue weighted by atomic mass is 9.99. The average molecular weight is 255 g/mol. The highest BCUT2D eigenvalue weighted by Crippen LogP contribution is 2.30. The Bertz CT molecular complexity index is 473. The zero-order chi connectivity index (χ0) is 13.9. The van der Waals surface area contributed by atoms with Gasteiger partial charge in [-0.15, -0.1) is 0 Å². The first-order valence-electron chi connectivity index (χ1n) is 5.08. The van der Waals surface area contributed by atoms with Gasteiger partial charge in [0, 0.05) is 5.56 Å². The first-order valence-corrected chi connectivity index (χ1v) is 5.08. The van der Waals surface area contributed by atoms with E-state index >= 15 is 0 Å². The second-order valence-corrected chi connectivity index (χ2v) is 3.68. The number of methoxy groups -OCH3 is 1. The lowest BCUT2D eigenvalue weighted by Gasteiger charge is -2.16. The fraction of sp³-hybridized carbons (Fsp3) is 0.364. The van der Waals surface area contributed by atoms with Crippen LogP contribution >= 0.6 is 0 Å². The first-order chi connectivity index (χ1) is 8.40. The fourth-order valence-corrected chi connectivity index (χ4v) is 1.59. The number of aliphatic hydroxyl groups is 2. The number of nitro groups is 1. The van der Waals surface area contributed by atoms with Crippen molar-refractivity contribution in [2.45, 2.75) is 19.1 Å². The number of nitrogens with zero attached hydrogens (tertiary/aromatic N) is 1. The second-order valence-electron chi connectivity index (χ2n) is 3.68. The SMILES string of the molecule is COC(=O)C(O)C(O)c1cccc(C)c1[N+](=O)[O-]. The molecule has 7 nitrogen and oxygen atoms in total. The predicted molar refractivity (Wildman–Crippen MR) is 60.8 cm³/mol. The van der Waals surface area contributed by atoms with E-state index in [1.54, 1.807) is 0 Å². The number of nitro benzene ring substituents is 1. The highest BCUT2D eigenvalue weighted by atomic mass is 16.6. The molecule has 2 unspecified atom stereocenters. The van der Waals surface area contributed by atoms with Gasteiger partial charge >= 0.3 is 5.97 Å². The van der Waals surface area contributed by atoms with Gasteiger partial charge in [0.2, 0.25) is 0 Å². The van der Waals surface area contributed by atoms with E-state index in [2.05, 4.69) is 4.74 Å². The third-order valence-corrected chi connectivity index (χ3v) is 2.51. The maximum absolute atomic E-state index is 11.1. The Morgan fingerprint density at radius 2 is 2.06 bits per heavy atom. The topological polar surface area (TPSA) is 110 Å². The van der Waals surface area contributed by atoms with Gasteiger partial charge in [0.25, 0.3) is 5.69 Å². The molecule has 2 atom stereocenters. The van der Waals surface area contributed by atoms with Crippen LogP contribution in [0.3, 0.4) is 0 Å². The number of rotatable bonds is 4. The van der Waals surface area contributed by atoms with E-state index in [1.165, 1.54) is 25.1 Å². The van der Waals surface area contributed by atoms with Crippen molar-refractivity contribution in [1.29, 1.82) is 0 Å².